The van der Waals surface area contributed by atoms with Crippen molar-refractivity contribution in [3.8, 4) is 23.1 Å². The van der Waals surface area contributed by atoms with Crippen LogP contribution in [-0.4, -0.2) is 21.4 Å². The molecule has 1 unspecified atom stereocenters. The predicted molar refractivity (Wildman–Crippen MR) is 132 cm³/mol. The molecule has 0 aliphatic rings. The largest absolute Gasteiger partial charge is 0.457 e. The molecular formula is C26H20F3N3O4S. The Balaban J connectivity index is 1.60. The van der Waals surface area contributed by atoms with Gasteiger partial charge in [0.05, 0.1) is 15.3 Å². The number of anilines is 1. The summed E-state index contributed by atoms with van der Waals surface area (Å²) in [7, 11) is -3.07. The van der Waals surface area contributed by atoms with Crippen LogP contribution in [0.2, 0.25) is 0 Å². The van der Waals surface area contributed by atoms with E-state index in [0.29, 0.717) is 23.8 Å². The highest BCUT2D eigenvalue weighted by Crippen LogP contribution is 2.33. The Kier molecular flexibility index (Phi) is 7.16. The number of carbonyl (C=O) groups is 1. The number of hydrogen-bond donors (Lipinski definition) is 2. The van der Waals surface area contributed by atoms with Crippen molar-refractivity contribution in [2.24, 2.45) is 0 Å². The van der Waals surface area contributed by atoms with E-state index in [1.807, 2.05) is 18.2 Å². The highest BCUT2D eigenvalue weighted by molar-refractivity contribution is 7.91. The monoisotopic (exact) mass is 527 g/mol. The summed E-state index contributed by atoms with van der Waals surface area (Å²) in [6.07, 6.45) is -2.95. The molecule has 4 rings (SSSR count). The molecule has 0 saturated heterocycles. The number of ether oxygens (including phenoxy) is 2. The Bertz CT molecular complexity index is 1530. The molecule has 7 nitrogen and oxygen atoms in total. The van der Waals surface area contributed by atoms with Crippen molar-refractivity contribution in [1.29, 1.82) is 4.78 Å². The standard InChI is InChI=1S/C26H20F3N3O4S/c1-37(30,34)22-9-5-6-18(15-22)32-24(33)23-14-17(26(27,28)29)16-31-25(23)36-21-12-10-20(11-13-21)35-19-7-3-2-4-8-19/h2-16,30H,1H3,(H,32,33). The van der Waals surface area contributed by atoms with Gasteiger partial charge in [0.2, 0.25) is 5.88 Å². The summed E-state index contributed by atoms with van der Waals surface area (Å²) in [6, 6.07) is 21.6. The first-order valence-corrected chi connectivity index (χ1v) is 12.7. The Hall–Kier alpha value is -4.38. The lowest BCUT2D eigenvalue weighted by Crippen LogP contribution is -2.16. The minimum absolute atomic E-state index is 0.148. The third kappa shape index (κ3) is 6.64. The fourth-order valence-electron chi connectivity index (χ4n) is 3.18. The number of aromatic nitrogens is 1. The number of nitrogens with one attached hydrogen (secondary N) is 2. The molecule has 11 heteroatoms. The number of nitrogens with zero attached hydrogens (tertiary/aromatic N) is 1. The van der Waals surface area contributed by atoms with Gasteiger partial charge in [0.1, 0.15) is 22.8 Å². The molecule has 1 atom stereocenters. The van der Waals surface area contributed by atoms with Crippen LogP contribution in [-0.2, 0) is 15.9 Å². The van der Waals surface area contributed by atoms with Crippen LogP contribution in [0.3, 0.4) is 0 Å². The Morgan fingerprint density at radius 1 is 0.892 bits per heavy atom. The summed E-state index contributed by atoms with van der Waals surface area (Å²) in [5.74, 6) is 0.0516. The highest BCUT2D eigenvalue weighted by Gasteiger charge is 2.33. The van der Waals surface area contributed by atoms with Gasteiger partial charge in [-0.05, 0) is 60.7 Å². The van der Waals surface area contributed by atoms with Gasteiger partial charge in [0, 0.05) is 23.0 Å². The lowest BCUT2D eigenvalue weighted by Gasteiger charge is -2.14. The van der Waals surface area contributed by atoms with Crippen LogP contribution in [0.25, 0.3) is 0 Å². The number of alkyl halides is 3. The van der Waals surface area contributed by atoms with Crippen LogP contribution in [0.15, 0.2) is 96.0 Å². The summed E-state index contributed by atoms with van der Waals surface area (Å²) in [5, 5.41) is 2.46. The zero-order valence-corrected chi connectivity index (χ0v) is 20.1. The molecule has 3 aromatic carbocycles. The van der Waals surface area contributed by atoms with Gasteiger partial charge in [-0.3, -0.25) is 4.79 Å². The fourth-order valence-corrected chi connectivity index (χ4v) is 3.87. The second kappa shape index (κ2) is 10.3. The van der Waals surface area contributed by atoms with Gasteiger partial charge in [-0.15, -0.1) is 0 Å². The summed E-state index contributed by atoms with van der Waals surface area (Å²) >= 11 is 0. The molecule has 190 valence electrons. The van der Waals surface area contributed by atoms with E-state index in [1.54, 1.807) is 24.3 Å². The van der Waals surface area contributed by atoms with E-state index in [0.717, 1.165) is 0 Å². The first-order valence-electron chi connectivity index (χ1n) is 10.7. The van der Waals surface area contributed by atoms with Gasteiger partial charge in [0.25, 0.3) is 5.91 Å². The van der Waals surface area contributed by atoms with Crippen molar-refractivity contribution >= 4 is 21.3 Å². The molecule has 0 fully saturated rings. The smallest absolute Gasteiger partial charge is 0.417 e. The highest BCUT2D eigenvalue weighted by atomic mass is 32.2. The van der Waals surface area contributed by atoms with E-state index in [1.165, 1.54) is 42.7 Å². The zero-order valence-electron chi connectivity index (χ0n) is 19.3. The third-order valence-electron chi connectivity index (χ3n) is 4.98. The minimum atomic E-state index is -4.74. The fraction of sp³-hybridized carbons (Fsp3) is 0.0769. The Morgan fingerprint density at radius 2 is 1.51 bits per heavy atom. The molecule has 0 spiro atoms. The summed E-state index contributed by atoms with van der Waals surface area (Å²) < 4.78 is 71.1. The molecule has 1 aromatic heterocycles. The molecule has 4 aromatic rings. The lowest BCUT2D eigenvalue weighted by molar-refractivity contribution is -0.137. The minimum Gasteiger partial charge on any atom is -0.457 e. The second-order valence-corrected chi connectivity index (χ2v) is 10.0. The number of benzene rings is 3. The molecule has 2 N–H and O–H groups in total. The summed E-state index contributed by atoms with van der Waals surface area (Å²) in [4.78, 5) is 16.9. The van der Waals surface area contributed by atoms with Crippen molar-refractivity contribution in [3.63, 3.8) is 0 Å². The number of para-hydroxylation sites is 1. The van der Waals surface area contributed by atoms with Gasteiger partial charge < -0.3 is 14.8 Å². The van der Waals surface area contributed by atoms with Gasteiger partial charge in [-0.2, -0.15) is 13.2 Å². The molecule has 0 aliphatic carbocycles. The van der Waals surface area contributed by atoms with Gasteiger partial charge in [-0.1, -0.05) is 24.3 Å². The van der Waals surface area contributed by atoms with Gasteiger partial charge >= 0.3 is 6.18 Å². The van der Waals surface area contributed by atoms with E-state index in [9.17, 15) is 22.2 Å². The molecule has 37 heavy (non-hydrogen) atoms. The maximum Gasteiger partial charge on any atom is 0.417 e. The van der Waals surface area contributed by atoms with Gasteiger partial charge in [-0.25, -0.2) is 14.0 Å². The Morgan fingerprint density at radius 3 is 2.14 bits per heavy atom. The van der Waals surface area contributed by atoms with Gasteiger partial charge in [0.15, 0.2) is 0 Å². The molecule has 0 radical (unpaired) electrons. The molecule has 0 saturated carbocycles. The SMILES string of the molecule is CS(=N)(=O)c1cccc(NC(=O)c2cc(C(F)(F)F)cnc2Oc2ccc(Oc3ccccc3)cc2)c1. The molecule has 0 bridgehead atoms. The number of pyridine rings is 1. The topological polar surface area (TPSA) is 101 Å². The summed E-state index contributed by atoms with van der Waals surface area (Å²) in [6.45, 7) is 0. The lowest BCUT2D eigenvalue weighted by atomic mass is 10.1. The maximum absolute atomic E-state index is 13.3. The van der Waals surface area contributed by atoms with E-state index in [4.69, 9.17) is 14.3 Å². The number of carbonyl (C=O) groups excluding carboxylic acids is 1. The molecule has 0 aliphatic heterocycles. The second-order valence-electron chi connectivity index (χ2n) is 7.89. The van der Waals surface area contributed by atoms with Crippen LogP contribution in [0, 0.1) is 4.78 Å². The van der Waals surface area contributed by atoms with E-state index in [-0.39, 0.29) is 22.2 Å². The first-order chi connectivity index (χ1) is 17.5. The first kappa shape index (κ1) is 25.7. The molecule has 1 heterocycles. The normalized spacial score (nSPS) is 12.9. The predicted octanol–water partition coefficient (Wildman–Crippen LogP) is 6.97. The maximum atomic E-state index is 13.3. The number of hydrogen-bond acceptors (Lipinski definition) is 6. The average Bonchev–Trinajstić information content (AvgIpc) is 2.85. The molecular weight excluding hydrogens is 507 g/mol. The van der Waals surface area contributed by atoms with Crippen LogP contribution in [0.1, 0.15) is 15.9 Å². The number of rotatable bonds is 7. The van der Waals surface area contributed by atoms with E-state index >= 15 is 0 Å². The van der Waals surface area contributed by atoms with Crippen LogP contribution in [0.5, 0.6) is 23.1 Å². The zero-order chi connectivity index (χ0) is 26.6. The van der Waals surface area contributed by atoms with Crippen molar-refractivity contribution < 1.29 is 31.6 Å². The van der Waals surface area contributed by atoms with Crippen LogP contribution >= 0.6 is 0 Å². The van der Waals surface area contributed by atoms with E-state index in [2.05, 4.69) is 10.3 Å². The van der Waals surface area contributed by atoms with Crippen LogP contribution in [0.4, 0.5) is 18.9 Å². The quantitative estimate of drug-likeness (QED) is 0.270. The number of halogens is 3. The number of amides is 1. The van der Waals surface area contributed by atoms with Crippen molar-refractivity contribution in [2.45, 2.75) is 11.1 Å². The van der Waals surface area contributed by atoms with Crippen molar-refractivity contribution in [1.82, 2.24) is 4.98 Å². The Labute approximate surface area is 210 Å². The molecule has 1 amide bonds. The van der Waals surface area contributed by atoms with E-state index < -0.39 is 32.9 Å². The van der Waals surface area contributed by atoms with Crippen LogP contribution < -0.4 is 14.8 Å². The average molecular weight is 528 g/mol. The van der Waals surface area contributed by atoms with Crippen molar-refractivity contribution in [2.75, 3.05) is 11.6 Å². The third-order valence-corrected chi connectivity index (χ3v) is 6.14. The van der Waals surface area contributed by atoms with Crippen molar-refractivity contribution in [3.05, 3.63) is 102 Å². The summed E-state index contributed by atoms with van der Waals surface area (Å²) in [5.41, 5.74) is -1.45.